The second-order valence-corrected chi connectivity index (χ2v) is 5.34. The topological polar surface area (TPSA) is 0 Å². The fourth-order valence-electron chi connectivity index (χ4n) is 3.15. The van der Waals surface area contributed by atoms with Gasteiger partial charge in [-0.1, -0.05) is 65.7 Å². The van der Waals surface area contributed by atoms with Crippen LogP contribution in [-0.4, -0.2) is 0 Å². The fourth-order valence-corrected chi connectivity index (χ4v) is 3.15. The maximum absolute atomic E-state index is 2.44. The smallest absolute Gasteiger partial charge is 0.0383 e. The van der Waals surface area contributed by atoms with Crippen LogP contribution in [0.4, 0.5) is 0 Å². The van der Waals surface area contributed by atoms with Gasteiger partial charge in [0, 0.05) is 0 Å². The summed E-state index contributed by atoms with van der Waals surface area (Å²) in [5.41, 5.74) is 0. The zero-order valence-corrected chi connectivity index (χ0v) is 10.4. The first kappa shape index (κ1) is 12.1. The highest BCUT2D eigenvalue weighted by molar-refractivity contribution is 4.76. The van der Waals surface area contributed by atoms with Crippen LogP contribution in [-0.2, 0) is 0 Å². The monoisotopic (exact) mass is 196 g/mol. The van der Waals surface area contributed by atoms with E-state index < -0.39 is 0 Å². The first-order valence-corrected chi connectivity index (χ1v) is 6.77. The molecule has 14 heavy (non-hydrogen) atoms. The summed E-state index contributed by atoms with van der Waals surface area (Å²) in [4.78, 5) is 0. The molecule has 3 atom stereocenters. The summed E-state index contributed by atoms with van der Waals surface area (Å²) >= 11 is 0. The highest BCUT2D eigenvalue weighted by Gasteiger charge is 2.24. The molecule has 0 aromatic carbocycles. The van der Waals surface area contributed by atoms with E-state index in [0.29, 0.717) is 0 Å². The van der Waals surface area contributed by atoms with Crippen LogP contribution in [0.1, 0.15) is 72.1 Å². The summed E-state index contributed by atoms with van der Waals surface area (Å²) in [7, 11) is 0. The molecule has 1 aliphatic rings. The van der Waals surface area contributed by atoms with Crippen LogP contribution in [0.3, 0.4) is 0 Å². The van der Waals surface area contributed by atoms with Crippen molar-refractivity contribution >= 4 is 0 Å². The Morgan fingerprint density at radius 2 is 2.00 bits per heavy atom. The Hall–Kier alpha value is 0. The molecule has 0 amide bonds. The summed E-state index contributed by atoms with van der Waals surface area (Å²) in [5.74, 6) is 3.11. The van der Waals surface area contributed by atoms with Crippen molar-refractivity contribution in [2.75, 3.05) is 0 Å². The van der Waals surface area contributed by atoms with Crippen LogP contribution in [0.5, 0.6) is 0 Å². The van der Waals surface area contributed by atoms with E-state index in [1.54, 1.807) is 0 Å². The molecule has 0 heteroatoms. The number of hydrogen-bond donors (Lipinski definition) is 0. The molecule has 1 rings (SSSR count). The van der Waals surface area contributed by atoms with Crippen molar-refractivity contribution in [1.29, 1.82) is 0 Å². The van der Waals surface area contributed by atoms with Gasteiger partial charge >= 0.3 is 0 Å². The van der Waals surface area contributed by atoms with Crippen molar-refractivity contribution in [1.82, 2.24) is 0 Å². The number of rotatable bonds is 5. The Labute approximate surface area is 90.5 Å². The van der Waals surface area contributed by atoms with Gasteiger partial charge in [0.05, 0.1) is 0 Å². The average molecular weight is 196 g/mol. The molecular weight excluding hydrogens is 168 g/mol. The van der Waals surface area contributed by atoms with Gasteiger partial charge in [-0.15, -0.1) is 0 Å². The van der Waals surface area contributed by atoms with Gasteiger partial charge in [-0.25, -0.2) is 0 Å². The molecule has 0 N–H and O–H groups in total. The molecule has 1 unspecified atom stereocenters. The number of unbranched alkanes of at least 4 members (excludes halogenated alkanes) is 1. The largest absolute Gasteiger partial charge is 0.0654 e. The average Bonchev–Trinajstić information content (AvgIpc) is 2.19. The van der Waals surface area contributed by atoms with Crippen molar-refractivity contribution in [3.63, 3.8) is 0 Å². The summed E-state index contributed by atoms with van der Waals surface area (Å²) < 4.78 is 0. The van der Waals surface area contributed by atoms with Crippen molar-refractivity contribution in [2.24, 2.45) is 17.8 Å². The van der Waals surface area contributed by atoms with Crippen molar-refractivity contribution < 1.29 is 0 Å². The summed E-state index contributed by atoms with van der Waals surface area (Å²) in [5, 5.41) is 0. The number of hydrogen-bond acceptors (Lipinski definition) is 0. The molecule has 0 aromatic heterocycles. The van der Waals surface area contributed by atoms with Gasteiger partial charge in [0.15, 0.2) is 0 Å². The van der Waals surface area contributed by atoms with Gasteiger partial charge in [-0.2, -0.15) is 0 Å². The minimum Gasteiger partial charge on any atom is -0.0654 e. The molecule has 0 aliphatic heterocycles. The zero-order valence-electron chi connectivity index (χ0n) is 10.4. The molecule has 0 aromatic rings. The lowest BCUT2D eigenvalue weighted by Gasteiger charge is -2.33. The van der Waals surface area contributed by atoms with E-state index in [0.717, 1.165) is 17.8 Å². The van der Waals surface area contributed by atoms with E-state index in [2.05, 4.69) is 20.8 Å². The lowest BCUT2D eigenvalue weighted by molar-refractivity contribution is 0.188. The molecule has 0 bridgehead atoms. The van der Waals surface area contributed by atoms with Gasteiger partial charge < -0.3 is 0 Å². The predicted molar refractivity (Wildman–Crippen MR) is 64.4 cm³/mol. The third-order valence-electron chi connectivity index (χ3n) is 4.10. The lowest BCUT2D eigenvalue weighted by Crippen LogP contribution is -2.21. The van der Waals surface area contributed by atoms with E-state index in [1.807, 2.05) is 0 Å². The Morgan fingerprint density at radius 3 is 2.57 bits per heavy atom. The molecule has 0 nitrogen and oxygen atoms in total. The van der Waals surface area contributed by atoms with E-state index in [4.69, 9.17) is 0 Å². The first-order chi connectivity index (χ1) is 6.77. The Bertz CT molecular complexity index is 139. The molecule has 1 aliphatic carbocycles. The maximum Gasteiger partial charge on any atom is -0.0383 e. The van der Waals surface area contributed by atoms with Crippen LogP contribution < -0.4 is 0 Å². The van der Waals surface area contributed by atoms with Crippen LogP contribution in [0.2, 0.25) is 0 Å². The van der Waals surface area contributed by atoms with Gasteiger partial charge in [-0.3, -0.25) is 0 Å². The normalized spacial score (nSPS) is 30.2. The molecule has 1 fully saturated rings. The van der Waals surface area contributed by atoms with E-state index in [9.17, 15) is 0 Å². The molecule has 1 saturated carbocycles. The molecule has 0 spiro atoms. The van der Waals surface area contributed by atoms with Crippen LogP contribution in [0, 0.1) is 17.8 Å². The standard InChI is InChI=1S/C14H28/c1-4-6-9-13(5-2)14-10-7-8-12(3)11-14/h12-14H,4-11H2,1-3H3/t12-,13?,14+/m1/s1. The summed E-state index contributed by atoms with van der Waals surface area (Å²) in [6, 6.07) is 0. The van der Waals surface area contributed by atoms with Gasteiger partial charge in [0.25, 0.3) is 0 Å². The molecule has 0 heterocycles. The Kier molecular flexibility index (Phi) is 5.59. The second kappa shape index (κ2) is 6.48. The van der Waals surface area contributed by atoms with E-state index in [1.165, 1.54) is 51.4 Å². The SMILES string of the molecule is CCCCC(CC)[C@H]1CCC[C@@H](C)C1. The first-order valence-electron chi connectivity index (χ1n) is 6.77. The minimum absolute atomic E-state index is 1.00. The minimum atomic E-state index is 1.00. The third kappa shape index (κ3) is 3.63. The van der Waals surface area contributed by atoms with Gasteiger partial charge in [0.1, 0.15) is 0 Å². The van der Waals surface area contributed by atoms with Gasteiger partial charge in [-0.05, 0) is 24.2 Å². The quantitative estimate of drug-likeness (QED) is 0.578. The molecule has 84 valence electrons. The predicted octanol–water partition coefficient (Wildman–Crippen LogP) is 5.03. The molecule has 0 saturated heterocycles. The second-order valence-electron chi connectivity index (χ2n) is 5.34. The zero-order chi connectivity index (χ0) is 10.4. The fraction of sp³-hybridized carbons (Fsp3) is 1.00. The lowest BCUT2D eigenvalue weighted by atomic mass is 9.73. The summed E-state index contributed by atoms with van der Waals surface area (Å²) in [6.07, 6.45) is 11.7. The highest BCUT2D eigenvalue weighted by atomic mass is 14.3. The van der Waals surface area contributed by atoms with Gasteiger partial charge in [0.2, 0.25) is 0 Å². The van der Waals surface area contributed by atoms with Crippen LogP contribution >= 0.6 is 0 Å². The van der Waals surface area contributed by atoms with E-state index >= 15 is 0 Å². The van der Waals surface area contributed by atoms with Crippen molar-refractivity contribution in [3.8, 4) is 0 Å². The Balaban J connectivity index is 2.34. The van der Waals surface area contributed by atoms with E-state index in [-0.39, 0.29) is 0 Å². The van der Waals surface area contributed by atoms with Crippen molar-refractivity contribution in [3.05, 3.63) is 0 Å². The summed E-state index contributed by atoms with van der Waals surface area (Å²) in [6.45, 7) is 7.15. The highest BCUT2D eigenvalue weighted by Crippen LogP contribution is 2.36. The van der Waals surface area contributed by atoms with Crippen molar-refractivity contribution in [2.45, 2.75) is 72.1 Å². The maximum atomic E-state index is 2.44. The Morgan fingerprint density at radius 1 is 1.21 bits per heavy atom. The molecular formula is C14H28. The third-order valence-corrected chi connectivity index (χ3v) is 4.10. The molecule has 0 radical (unpaired) electrons. The van der Waals surface area contributed by atoms with Crippen LogP contribution in [0.25, 0.3) is 0 Å². The van der Waals surface area contributed by atoms with Crippen LogP contribution in [0.15, 0.2) is 0 Å².